The van der Waals surface area contributed by atoms with Gasteiger partial charge in [0.25, 0.3) is 5.91 Å². The highest BCUT2D eigenvalue weighted by molar-refractivity contribution is 7.98. The average molecular weight is 304 g/mol. The van der Waals surface area contributed by atoms with Crippen LogP contribution in [-0.4, -0.2) is 29.6 Å². The second-order valence-corrected chi connectivity index (χ2v) is 5.87. The molecule has 1 heterocycles. The van der Waals surface area contributed by atoms with Crippen LogP contribution in [0.25, 0.3) is 11.1 Å². The topological polar surface area (TPSA) is 55.1 Å². The third-order valence-electron chi connectivity index (χ3n) is 3.26. The lowest BCUT2D eigenvalue weighted by molar-refractivity contribution is 0.0954. The SMILES string of the molecule is CSCCCNC(=O)c1cccc(-c2c(C)noc2C)c1. The van der Waals surface area contributed by atoms with E-state index in [1.54, 1.807) is 11.8 Å². The molecule has 2 rings (SSSR count). The summed E-state index contributed by atoms with van der Waals surface area (Å²) < 4.78 is 5.19. The Morgan fingerprint density at radius 1 is 1.38 bits per heavy atom. The summed E-state index contributed by atoms with van der Waals surface area (Å²) in [5, 5.41) is 6.90. The Balaban J connectivity index is 2.13. The third kappa shape index (κ3) is 3.88. The molecule has 0 radical (unpaired) electrons. The van der Waals surface area contributed by atoms with Crippen molar-refractivity contribution >= 4 is 17.7 Å². The first kappa shape index (κ1) is 15.6. The van der Waals surface area contributed by atoms with Crippen LogP contribution >= 0.6 is 11.8 Å². The maximum atomic E-state index is 12.1. The van der Waals surface area contributed by atoms with Crippen molar-refractivity contribution in [1.29, 1.82) is 0 Å². The monoisotopic (exact) mass is 304 g/mol. The molecule has 1 N–H and O–H groups in total. The van der Waals surface area contributed by atoms with Crippen LogP contribution in [0.1, 0.15) is 28.2 Å². The molecule has 5 heteroatoms. The van der Waals surface area contributed by atoms with Crippen LogP contribution in [-0.2, 0) is 0 Å². The fraction of sp³-hybridized carbons (Fsp3) is 0.375. The number of hydrogen-bond donors (Lipinski definition) is 1. The van der Waals surface area contributed by atoms with Gasteiger partial charge in [-0.1, -0.05) is 17.3 Å². The van der Waals surface area contributed by atoms with E-state index in [-0.39, 0.29) is 5.91 Å². The maximum Gasteiger partial charge on any atom is 0.251 e. The molecule has 0 aliphatic heterocycles. The van der Waals surface area contributed by atoms with Gasteiger partial charge in [0, 0.05) is 17.7 Å². The Morgan fingerprint density at radius 2 is 2.19 bits per heavy atom. The fourth-order valence-electron chi connectivity index (χ4n) is 2.23. The summed E-state index contributed by atoms with van der Waals surface area (Å²) >= 11 is 1.78. The highest BCUT2D eigenvalue weighted by Gasteiger charge is 2.13. The third-order valence-corrected chi connectivity index (χ3v) is 3.95. The summed E-state index contributed by atoms with van der Waals surface area (Å²) in [4.78, 5) is 12.1. The maximum absolute atomic E-state index is 12.1. The van der Waals surface area contributed by atoms with E-state index < -0.39 is 0 Å². The van der Waals surface area contributed by atoms with E-state index in [1.165, 1.54) is 0 Å². The fourth-order valence-corrected chi connectivity index (χ4v) is 2.66. The van der Waals surface area contributed by atoms with Gasteiger partial charge in [0.05, 0.1) is 5.69 Å². The Labute approximate surface area is 129 Å². The highest BCUT2D eigenvalue weighted by Crippen LogP contribution is 2.27. The summed E-state index contributed by atoms with van der Waals surface area (Å²) in [6.45, 7) is 4.49. The zero-order valence-electron chi connectivity index (χ0n) is 12.6. The number of aromatic nitrogens is 1. The molecule has 0 saturated heterocycles. The van der Waals surface area contributed by atoms with Crippen LogP contribution in [0.15, 0.2) is 28.8 Å². The molecule has 0 fully saturated rings. The lowest BCUT2D eigenvalue weighted by Gasteiger charge is -2.07. The van der Waals surface area contributed by atoms with Crippen LogP contribution in [0.5, 0.6) is 0 Å². The largest absolute Gasteiger partial charge is 0.361 e. The second-order valence-electron chi connectivity index (χ2n) is 4.88. The molecular weight excluding hydrogens is 284 g/mol. The first-order chi connectivity index (χ1) is 10.1. The number of nitrogens with zero attached hydrogens (tertiary/aromatic N) is 1. The van der Waals surface area contributed by atoms with Gasteiger partial charge < -0.3 is 9.84 Å². The van der Waals surface area contributed by atoms with Crippen LogP contribution in [0.4, 0.5) is 0 Å². The van der Waals surface area contributed by atoms with E-state index in [4.69, 9.17) is 4.52 Å². The Bertz CT molecular complexity index is 603. The number of thioether (sulfide) groups is 1. The minimum atomic E-state index is -0.0373. The van der Waals surface area contributed by atoms with Crippen molar-refractivity contribution in [3.05, 3.63) is 41.3 Å². The molecule has 112 valence electrons. The molecule has 1 amide bonds. The van der Waals surface area contributed by atoms with Crippen molar-refractivity contribution in [3.63, 3.8) is 0 Å². The van der Waals surface area contributed by atoms with Gasteiger partial charge in [-0.2, -0.15) is 11.8 Å². The van der Waals surface area contributed by atoms with Crippen molar-refractivity contribution in [3.8, 4) is 11.1 Å². The van der Waals surface area contributed by atoms with Crippen molar-refractivity contribution in [2.45, 2.75) is 20.3 Å². The molecule has 0 aliphatic rings. The van der Waals surface area contributed by atoms with Crippen LogP contribution in [0, 0.1) is 13.8 Å². The molecule has 0 atom stereocenters. The quantitative estimate of drug-likeness (QED) is 0.831. The number of aryl methyl sites for hydroxylation is 2. The van der Waals surface area contributed by atoms with Crippen molar-refractivity contribution in [1.82, 2.24) is 10.5 Å². The summed E-state index contributed by atoms with van der Waals surface area (Å²) in [7, 11) is 0. The minimum absolute atomic E-state index is 0.0373. The highest BCUT2D eigenvalue weighted by atomic mass is 32.2. The van der Waals surface area contributed by atoms with Gasteiger partial charge in [0.1, 0.15) is 5.76 Å². The lowest BCUT2D eigenvalue weighted by Crippen LogP contribution is -2.24. The van der Waals surface area contributed by atoms with Crippen molar-refractivity contribution in [2.75, 3.05) is 18.6 Å². The lowest BCUT2D eigenvalue weighted by atomic mass is 10.0. The molecule has 2 aromatic rings. The first-order valence-corrected chi connectivity index (χ1v) is 8.33. The summed E-state index contributed by atoms with van der Waals surface area (Å²) in [5.74, 6) is 1.79. The van der Waals surface area contributed by atoms with E-state index in [1.807, 2.05) is 38.1 Å². The van der Waals surface area contributed by atoms with E-state index in [2.05, 4.69) is 16.7 Å². The van der Waals surface area contributed by atoms with Crippen molar-refractivity contribution in [2.24, 2.45) is 0 Å². The molecule has 1 aromatic heterocycles. The summed E-state index contributed by atoms with van der Waals surface area (Å²) in [6.07, 6.45) is 3.05. The minimum Gasteiger partial charge on any atom is -0.361 e. The molecule has 0 bridgehead atoms. The molecular formula is C16H20N2O2S. The number of nitrogens with one attached hydrogen (secondary N) is 1. The Kier molecular flexibility index (Phi) is 5.44. The number of carbonyl (C=O) groups excluding carboxylic acids is 1. The number of benzene rings is 1. The molecule has 1 aromatic carbocycles. The Morgan fingerprint density at radius 3 is 2.86 bits per heavy atom. The van der Waals surface area contributed by atoms with Gasteiger partial charge in [-0.15, -0.1) is 0 Å². The predicted octanol–water partition coefficient (Wildman–Crippen LogP) is 3.44. The van der Waals surface area contributed by atoms with Gasteiger partial charge in [-0.25, -0.2) is 0 Å². The normalized spacial score (nSPS) is 10.6. The standard InChI is InChI=1S/C16H20N2O2S/c1-11-15(12(2)20-18-11)13-6-4-7-14(10-13)16(19)17-8-5-9-21-3/h4,6-7,10H,5,8-9H2,1-3H3,(H,17,19). The molecule has 0 saturated carbocycles. The second kappa shape index (κ2) is 7.31. The Hall–Kier alpha value is -1.75. The van der Waals surface area contributed by atoms with Gasteiger partial charge in [0.15, 0.2) is 0 Å². The molecule has 0 unspecified atom stereocenters. The molecule has 0 spiro atoms. The van der Waals surface area contributed by atoms with Gasteiger partial charge in [-0.05, 0) is 50.0 Å². The van der Waals surface area contributed by atoms with E-state index in [9.17, 15) is 4.79 Å². The summed E-state index contributed by atoms with van der Waals surface area (Å²) in [5.41, 5.74) is 3.43. The molecule has 4 nitrogen and oxygen atoms in total. The van der Waals surface area contributed by atoms with E-state index in [0.29, 0.717) is 12.1 Å². The van der Waals surface area contributed by atoms with Gasteiger partial charge in [0.2, 0.25) is 0 Å². The summed E-state index contributed by atoms with van der Waals surface area (Å²) in [6, 6.07) is 7.57. The van der Waals surface area contributed by atoms with Crippen LogP contribution < -0.4 is 5.32 Å². The van der Waals surface area contributed by atoms with E-state index >= 15 is 0 Å². The van der Waals surface area contributed by atoms with Crippen LogP contribution in [0.2, 0.25) is 0 Å². The van der Waals surface area contributed by atoms with Gasteiger partial charge in [-0.3, -0.25) is 4.79 Å². The van der Waals surface area contributed by atoms with Crippen LogP contribution in [0.3, 0.4) is 0 Å². The first-order valence-electron chi connectivity index (χ1n) is 6.94. The molecule has 0 aliphatic carbocycles. The number of carbonyl (C=O) groups is 1. The predicted molar refractivity (Wildman–Crippen MR) is 86.7 cm³/mol. The molecule has 21 heavy (non-hydrogen) atoms. The number of rotatable bonds is 6. The average Bonchev–Trinajstić information content (AvgIpc) is 2.82. The smallest absolute Gasteiger partial charge is 0.251 e. The van der Waals surface area contributed by atoms with E-state index in [0.717, 1.165) is 34.8 Å². The zero-order valence-corrected chi connectivity index (χ0v) is 13.4. The number of hydrogen-bond acceptors (Lipinski definition) is 4. The van der Waals surface area contributed by atoms with Crippen molar-refractivity contribution < 1.29 is 9.32 Å². The number of amides is 1. The van der Waals surface area contributed by atoms with Gasteiger partial charge >= 0.3 is 0 Å². The zero-order chi connectivity index (χ0) is 15.2.